The van der Waals surface area contributed by atoms with Crippen molar-refractivity contribution < 1.29 is 27.8 Å². The lowest BCUT2D eigenvalue weighted by Crippen LogP contribution is -2.29. The lowest BCUT2D eigenvalue weighted by molar-refractivity contribution is 0.0971. The van der Waals surface area contributed by atoms with Crippen molar-refractivity contribution in [2.45, 2.75) is 38.6 Å². The van der Waals surface area contributed by atoms with Gasteiger partial charge in [-0.25, -0.2) is 4.39 Å². The Morgan fingerprint density at radius 1 is 0.925 bits per heavy atom. The van der Waals surface area contributed by atoms with Gasteiger partial charge in [-0.2, -0.15) is 0 Å². The van der Waals surface area contributed by atoms with Gasteiger partial charge in [0.25, 0.3) is 5.91 Å². The summed E-state index contributed by atoms with van der Waals surface area (Å²) in [5.74, 6) is 0.220. The summed E-state index contributed by atoms with van der Waals surface area (Å²) in [5, 5.41) is 0.337. The highest BCUT2D eigenvalue weighted by molar-refractivity contribution is 6.32. The first-order valence-corrected chi connectivity index (χ1v) is 13.5. The van der Waals surface area contributed by atoms with E-state index in [1.165, 1.54) is 31.3 Å². The maximum atomic E-state index is 14.1. The summed E-state index contributed by atoms with van der Waals surface area (Å²) >= 11 is 6.42. The van der Waals surface area contributed by atoms with Crippen molar-refractivity contribution in [1.82, 2.24) is 0 Å². The Balaban J connectivity index is 1.64. The van der Waals surface area contributed by atoms with Gasteiger partial charge in [0, 0.05) is 5.69 Å². The topological polar surface area (TPSA) is 78.2 Å². The number of hydrogen-bond acceptors (Lipinski definition) is 6. The molecule has 0 spiro atoms. The maximum Gasteiger partial charge on any atom is 0.295 e. The molecule has 1 unspecified atom stereocenters. The predicted octanol–water partition coefficient (Wildman–Crippen LogP) is 7.31. The first-order chi connectivity index (χ1) is 19.4. The van der Waals surface area contributed by atoms with Crippen LogP contribution in [-0.2, 0) is 0 Å². The molecule has 0 saturated carbocycles. The van der Waals surface area contributed by atoms with Gasteiger partial charge in [0.15, 0.2) is 16.9 Å². The monoisotopic (exact) mass is 565 g/mol. The van der Waals surface area contributed by atoms with Crippen LogP contribution in [0.1, 0.15) is 60.3 Å². The molecular weight excluding hydrogens is 537 g/mol. The summed E-state index contributed by atoms with van der Waals surface area (Å²) in [7, 11) is 3.02. The van der Waals surface area contributed by atoms with Crippen LogP contribution in [0.3, 0.4) is 0 Å². The number of rotatable bonds is 10. The number of anilines is 1. The molecule has 1 aromatic heterocycles. The van der Waals surface area contributed by atoms with Crippen LogP contribution >= 0.6 is 11.6 Å². The van der Waals surface area contributed by atoms with E-state index in [-0.39, 0.29) is 22.3 Å². The van der Waals surface area contributed by atoms with E-state index in [2.05, 4.69) is 6.92 Å². The van der Waals surface area contributed by atoms with Crippen molar-refractivity contribution in [3.05, 3.63) is 92.5 Å². The first kappa shape index (κ1) is 27.5. The summed E-state index contributed by atoms with van der Waals surface area (Å²) in [6.45, 7) is 2.69. The van der Waals surface area contributed by atoms with Gasteiger partial charge in [0.05, 0.1) is 42.8 Å². The summed E-state index contributed by atoms with van der Waals surface area (Å²) in [5.41, 5.74) is 0.738. The fourth-order valence-corrected chi connectivity index (χ4v) is 5.27. The molecule has 0 radical (unpaired) electrons. The van der Waals surface area contributed by atoms with Gasteiger partial charge < -0.3 is 18.6 Å². The van der Waals surface area contributed by atoms with Crippen LogP contribution in [0.5, 0.6) is 17.2 Å². The minimum absolute atomic E-state index is 0.0464. The summed E-state index contributed by atoms with van der Waals surface area (Å²) in [6, 6.07) is 12.9. The molecule has 1 atom stereocenters. The Morgan fingerprint density at radius 3 is 2.42 bits per heavy atom. The molecule has 3 aromatic carbocycles. The van der Waals surface area contributed by atoms with Crippen molar-refractivity contribution in [2.24, 2.45) is 0 Å². The third-order valence-electron chi connectivity index (χ3n) is 7.00. The molecular formula is C31H29ClFNO6. The van der Waals surface area contributed by atoms with Crippen LogP contribution < -0.4 is 24.5 Å². The van der Waals surface area contributed by atoms with E-state index < -0.39 is 23.2 Å². The third kappa shape index (κ3) is 4.99. The van der Waals surface area contributed by atoms with Gasteiger partial charge >= 0.3 is 0 Å². The Bertz CT molecular complexity index is 1630. The second-order valence-corrected chi connectivity index (χ2v) is 9.94. The molecule has 1 amide bonds. The number of nitrogens with zero attached hydrogens (tertiary/aromatic N) is 1. The van der Waals surface area contributed by atoms with Crippen LogP contribution in [0.2, 0.25) is 5.02 Å². The molecule has 5 rings (SSSR count). The molecule has 40 heavy (non-hydrogen) atoms. The highest BCUT2D eigenvalue weighted by Crippen LogP contribution is 2.44. The molecule has 0 bridgehead atoms. The molecule has 0 N–H and O–H groups in total. The number of benzene rings is 3. The Labute approximate surface area is 236 Å². The zero-order chi connectivity index (χ0) is 28.4. The summed E-state index contributed by atoms with van der Waals surface area (Å²) in [4.78, 5) is 29.1. The van der Waals surface area contributed by atoms with Gasteiger partial charge in [0.1, 0.15) is 17.1 Å². The van der Waals surface area contributed by atoms with E-state index in [0.717, 1.165) is 31.7 Å². The average Bonchev–Trinajstić information content (AvgIpc) is 3.25. The first-order valence-electron chi connectivity index (χ1n) is 13.1. The molecule has 1 aliphatic heterocycles. The van der Waals surface area contributed by atoms with Crippen LogP contribution in [0.15, 0.2) is 63.8 Å². The number of unbranched alkanes of at least 4 members (excludes halogenated alkanes) is 3. The number of carbonyl (C=O) groups excluding carboxylic acids is 1. The Morgan fingerprint density at radius 2 is 1.70 bits per heavy atom. The molecule has 4 aromatic rings. The molecule has 0 aliphatic carbocycles. The van der Waals surface area contributed by atoms with Crippen molar-refractivity contribution in [3.8, 4) is 17.2 Å². The fourth-order valence-electron chi connectivity index (χ4n) is 5.02. The van der Waals surface area contributed by atoms with Gasteiger partial charge in [-0.05, 0) is 60.5 Å². The highest BCUT2D eigenvalue weighted by Gasteiger charge is 2.44. The van der Waals surface area contributed by atoms with Crippen molar-refractivity contribution in [1.29, 1.82) is 0 Å². The fraction of sp³-hybridized carbons (Fsp3) is 0.290. The SMILES string of the molecule is CCCCCCOc1ccc(C2c3c(oc4ccc(F)cc4c3=O)C(=O)N2c2ccc(OC)c(Cl)c2)cc1OC. The zero-order valence-electron chi connectivity index (χ0n) is 22.5. The van der Waals surface area contributed by atoms with E-state index in [1.807, 2.05) is 0 Å². The molecule has 7 nitrogen and oxygen atoms in total. The predicted molar refractivity (Wildman–Crippen MR) is 152 cm³/mol. The standard InChI is InChI=1S/C31H29ClFNO6/c1-4-5-6-7-14-39-25-11-8-18(15-26(25)38-3)28-27-29(35)21-16-19(33)9-12-23(21)40-30(27)31(36)34(28)20-10-13-24(37-2)22(32)17-20/h8-13,15-17,28H,4-7,14H2,1-3H3. The quantitative estimate of drug-likeness (QED) is 0.188. The molecule has 0 saturated heterocycles. The van der Waals surface area contributed by atoms with Gasteiger partial charge in [0.2, 0.25) is 5.76 Å². The Kier molecular flexibility index (Phi) is 7.98. The van der Waals surface area contributed by atoms with E-state index in [4.69, 9.17) is 30.2 Å². The van der Waals surface area contributed by atoms with Crippen molar-refractivity contribution in [2.75, 3.05) is 25.7 Å². The number of carbonyl (C=O) groups is 1. The second kappa shape index (κ2) is 11.6. The molecule has 1 aliphatic rings. The number of halogens is 2. The van der Waals surface area contributed by atoms with Crippen molar-refractivity contribution in [3.63, 3.8) is 0 Å². The number of hydrogen-bond donors (Lipinski definition) is 0. The largest absolute Gasteiger partial charge is 0.495 e. The maximum absolute atomic E-state index is 14.1. The smallest absolute Gasteiger partial charge is 0.295 e. The van der Waals surface area contributed by atoms with Crippen LogP contribution in [-0.4, -0.2) is 26.7 Å². The highest BCUT2D eigenvalue weighted by atomic mass is 35.5. The van der Waals surface area contributed by atoms with Crippen LogP contribution in [0, 0.1) is 5.82 Å². The Hall–Kier alpha value is -4.04. The third-order valence-corrected chi connectivity index (χ3v) is 7.30. The summed E-state index contributed by atoms with van der Waals surface area (Å²) in [6.07, 6.45) is 4.26. The molecule has 9 heteroatoms. The van der Waals surface area contributed by atoms with Crippen LogP contribution in [0.4, 0.5) is 10.1 Å². The van der Waals surface area contributed by atoms with E-state index >= 15 is 0 Å². The molecule has 2 heterocycles. The lowest BCUT2D eigenvalue weighted by atomic mass is 9.97. The number of ether oxygens (including phenoxy) is 3. The van der Waals surface area contributed by atoms with Crippen molar-refractivity contribution >= 4 is 34.2 Å². The number of amides is 1. The van der Waals surface area contributed by atoms with Crippen LogP contribution in [0.25, 0.3) is 11.0 Å². The van der Waals surface area contributed by atoms with E-state index in [0.29, 0.717) is 40.1 Å². The average molecular weight is 566 g/mol. The summed E-state index contributed by atoms with van der Waals surface area (Å²) < 4.78 is 36.9. The number of methoxy groups -OCH3 is 2. The van der Waals surface area contributed by atoms with E-state index in [9.17, 15) is 14.0 Å². The number of fused-ring (bicyclic) bond motifs is 2. The normalized spacial score (nSPS) is 14.5. The van der Waals surface area contributed by atoms with E-state index in [1.54, 1.807) is 36.4 Å². The molecule has 208 valence electrons. The van der Waals surface area contributed by atoms with Gasteiger partial charge in [-0.1, -0.05) is 43.9 Å². The molecule has 0 fully saturated rings. The minimum atomic E-state index is -0.900. The second-order valence-electron chi connectivity index (χ2n) is 9.53. The van der Waals surface area contributed by atoms with Gasteiger partial charge in [-0.15, -0.1) is 0 Å². The minimum Gasteiger partial charge on any atom is -0.495 e. The zero-order valence-corrected chi connectivity index (χ0v) is 23.2. The van der Waals surface area contributed by atoms with Gasteiger partial charge in [-0.3, -0.25) is 14.5 Å². The lowest BCUT2D eigenvalue weighted by Gasteiger charge is -2.26.